The quantitative estimate of drug-likeness (QED) is 0.486. The molecule has 2 N–H and O–H groups in total. The molecule has 0 aliphatic heterocycles. The Hall–Kier alpha value is -1.81. The van der Waals surface area contributed by atoms with E-state index in [0.717, 1.165) is 22.6 Å². The molecule has 0 saturated heterocycles. The Bertz CT molecular complexity index is 657. The van der Waals surface area contributed by atoms with E-state index in [1.165, 1.54) is 0 Å². The normalized spacial score (nSPS) is 13.6. The topological polar surface area (TPSA) is 52.3 Å². The number of ether oxygens (including phenoxy) is 1. The van der Waals surface area contributed by atoms with E-state index in [4.69, 9.17) is 10.5 Å². The summed E-state index contributed by atoms with van der Waals surface area (Å²) in [6, 6.07) is 14.1. The van der Waals surface area contributed by atoms with E-state index in [9.17, 15) is 4.79 Å². The van der Waals surface area contributed by atoms with E-state index in [1.54, 1.807) is 7.11 Å². The first-order valence-electron chi connectivity index (χ1n) is 6.78. The standard InChI is InChI=1S/C17H18BrNO2/c1-21-16(17(18)19)10-9-13(11-20)15-8-4-6-12-5-2-3-7-14(12)15/h2-8,11,13H,9-10,19H2,1H3/b17-16-. The average molecular weight is 348 g/mol. The van der Waals surface area contributed by atoms with Crippen molar-refractivity contribution in [2.24, 2.45) is 5.73 Å². The van der Waals surface area contributed by atoms with Crippen LogP contribution in [0, 0.1) is 0 Å². The second-order valence-electron chi connectivity index (χ2n) is 4.82. The van der Waals surface area contributed by atoms with E-state index in [1.807, 2.05) is 30.3 Å². The van der Waals surface area contributed by atoms with Crippen LogP contribution in [-0.4, -0.2) is 13.4 Å². The van der Waals surface area contributed by atoms with Crippen LogP contribution in [0.25, 0.3) is 10.8 Å². The predicted octanol–water partition coefficient (Wildman–Crippen LogP) is 4.07. The minimum atomic E-state index is -0.173. The van der Waals surface area contributed by atoms with Crippen molar-refractivity contribution in [1.82, 2.24) is 0 Å². The molecule has 1 atom stereocenters. The Balaban J connectivity index is 2.28. The van der Waals surface area contributed by atoms with Gasteiger partial charge < -0.3 is 15.3 Å². The van der Waals surface area contributed by atoms with Crippen LogP contribution in [0.3, 0.4) is 0 Å². The molecule has 0 amide bonds. The van der Waals surface area contributed by atoms with Crippen molar-refractivity contribution >= 4 is 33.0 Å². The van der Waals surface area contributed by atoms with Crippen LogP contribution >= 0.6 is 15.9 Å². The van der Waals surface area contributed by atoms with Crippen LogP contribution in [0.2, 0.25) is 0 Å². The van der Waals surface area contributed by atoms with Gasteiger partial charge in [0.1, 0.15) is 16.7 Å². The van der Waals surface area contributed by atoms with Crippen molar-refractivity contribution in [3.05, 3.63) is 58.4 Å². The molecule has 3 nitrogen and oxygen atoms in total. The number of rotatable bonds is 6. The summed E-state index contributed by atoms with van der Waals surface area (Å²) in [5.41, 5.74) is 6.73. The van der Waals surface area contributed by atoms with Gasteiger partial charge in [-0.3, -0.25) is 0 Å². The number of benzene rings is 2. The molecule has 0 aromatic heterocycles. The van der Waals surface area contributed by atoms with Crippen LogP contribution in [0.4, 0.5) is 0 Å². The molecule has 2 rings (SSSR count). The van der Waals surface area contributed by atoms with Gasteiger partial charge >= 0.3 is 0 Å². The fraction of sp³-hybridized carbons (Fsp3) is 0.235. The van der Waals surface area contributed by atoms with Crippen LogP contribution < -0.4 is 5.73 Å². The highest BCUT2D eigenvalue weighted by atomic mass is 79.9. The summed E-state index contributed by atoms with van der Waals surface area (Å²) in [6.45, 7) is 0. The Morgan fingerprint density at radius 3 is 2.67 bits per heavy atom. The number of fused-ring (bicyclic) bond motifs is 1. The van der Waals surface area contributed by atoms with Crippen molar-refractivity contribution in [1.29, 1.82) is 0 Å². The Morgan fingerprint density at radius 2 is 2.00 bits per heavy atom. The summed E-state index contributed by atoms with van der Waals surface area (Å²) in [5, 5.41) is 2.26. The zero-order valence-corrected chi connectivity index (χ0v) is 13.5. The largest absolute Gasteiger partial charge is 0.498 e. The Kier molecular flexibility index (Phi) is 5.39. The monoisotopic (exact) mass is 347 g/mol. The summed E-state index contributed by atoms with van der Waals surface area (Å²) in [5.74, 6) is 0.496. The second-order valence-corrected chi connectivity index (χ2v) is 5.68. The first-order chi connectivity index (χ1) is 10.2. The first-order valence-corrected chi connectivity index (χ1v) is 7.57. The van der Waals surface area contributed by atoms with Crippen LogP contribution in [0.1, 0.15) is 24.3 Å². The van der Waals surface area contributed by atoms with Crippen molar-refractivity contribution in [3.8, 4) is 0 Å². The highest BCUT2D eigenvalue weighted by Crippen LogP contribution is 2.29. The maximum absolute atomic E-state index is 11.5. The van der Waals surface area contributed by atoms with Gasteiger partial charge in [0.25, 0.3) is 0 Å². The lowest BCUT2D eigenvalue weighted by Gasteiger charge is -2.15. The predicted molar refractivity (Wildman–Crippen MR) is 89.1 cm³/mol. The van der Waals surface area contributed by atoms with Gasteiger partial charge in [-0.25, -0.2) is 0 Å². The third-order valence-electron chi connectivity index (χ3n) is 3.58. The molecular weight excluding hydrogens is 330 g/mol. The van der Waals surface area contributed by atoms with Gasteiger partial charge in [0.2, 0.25) is 0 Å². The summed E-state index contributed by atoms with van der Waals surface area (Å²) < 4.78 is 5.70. The lowest BCUT2D eigenvalue weighted by atomic mass is 9.91. The summed E-state index contributed by atoms with van der Waals surface area (Å²) >= 11 is 3.21. The van der Waals surface area contributed by atoms with Crippen LogP contribution in [0.5, 0.6) is 0 Å². The van der Waals surface area contributed by atoms with Gasteiger partial charge in [0.05, 0.1) is 7.11 Å². The zero-order valence-electron chi connectivity index (χ0n) is 11.9. The number of allylic oxidation sites excluding steroid dienone is 1. The molecule has 21 heavy (non-hydrogen) atoms. The number of methoxy groups -OCH3 is 1. The van der Waals surface area contributed by atoms with Gasteiger partial charge in [-0.15, -0.1) is 0 Å². The lowest BCUT2D eigenvalue weighted by molar-refractivity contribution is -0.109. The Morgan fingerprint density at radius 1 is 1.29 bits per heavy atom. The zero-order chi connectivity index (χ0) is 15.2. The molecule has 0 aliphatic rings. The maximum atomic E-state index is 11.5. The number of hydrogen-bond acceptors (Lipinski definition) is 3. The smallest absolute Gasteiger partial charge is 0.127 e. The van der Waals surface area contributed by atoms with Crippen molar-refractivity contribution in [3.63, 3.8) is 0 Å². The summed E-state index contributed by atoms with van der Waals surface area (Å²) in [4.78, 5) is 11.5. The van der Waals surface area contributed by atoms with E-state index >= 15 is 0 Å². The maximum Gasteiger partial charge on any atom is 0.127 e. The number of halogens is 1. The van der Waals surface area contributed by atoms with Crippen LogP contribution in [0.15, 0.2) is 52.8 Å². The van der Waals surface area contributed by atoms with Gasteiger partial charge in [-0.2, -0.15) is 0 Å². The summed E-state index contributed by atoms with van der Waals surface area (Å²) in [7, 11) is 1.58. The van der Waals surface area contributed by atoms with Gasteiger partial charge in [0.15, 0.2) is 0 Å². The number of aldehydes is 1. The Labute approximate surface area is 132 Å². The third-order valence-corrected chi connectivity index (χ3v) is 4.02. The second kappa shape index (κ2) is 7.27. The molecule has 0 fully saturated rings. The van der Waals surface area contributed by atoms with Crippen LogP contribution in [-0.2, 0) is 9.53 Å². The minimum Gasteiger partial charge on any atom is -0.498 e. The van der Waals surface area contributed by atoms with Crippen molar-refractivity contribution in [2.75, 3.05) is 7.11 Å². The van der Waals surface area contributed by atoms with Gasteiger partial charge in [0, 0.05) is 12.3 Å². The SMILES string of the molecule is CO/C(CCC(C=O)c1cccc2ccccc12)=C(\N)Br. The molecular formula is C17H18BrNO2. The van der Waals surface area contributed by atoms with Gasteiger partial charge in [-0.05, 0) is 38.7 Å². The summed E-state index contributed by atoms with van der Waals surface area (Å²) in [6.07, 6.45) is 2.27. The molecule has 2 aromatic rings. The third kappa shape index (κ3) is 3.64. The minimum absolute atomic E-state index is 0.173. The number of carbonyl (C=O) groups is 1. The van der Waals surface area contributed by atoms with E-state index in [0.29, 0.717) is 23.2 Å². The molecule has 0 radical (unpaired) electrons. The van der Waals surface area contributed by atoms with E-state index < -0.39 is 0 Å². The fourth-order valence-electron chi connectivity index (χ4n) is 2.48. The average Bonchev–Trinajstić information content (AvgIpc) is 2.51. The molecule has 2 aromatic carbocycles. The molecule has 1 unspecified atom stereocenters. The molecule has 4 heteroatoms. The highest BCUT2D eigenvalue weighted by Gasteiger charge is 2.15. The first kappa shape index (κ1) is 15.6. The molecule has 0 spiro atoms. The number of hydrogen-bond donors (Lipinski definition) is 1. The molecule has 110 valence electrons. The molecule has 0 heterocycles. The number of nitrogens with two attached hydrogens (primary N) is 1. The van der Waals surface area contributed by atoms with E-state index in [2.05, 4.69) is 28.1 Å². The molecule has 0 aliphatic carbocycles. The highest BCUT2D eigenvalue weighted by molar-refractivity contribution is 9.11. The van der Waals surface area contributed by atoms with Crippen molar-refractivity contribution in [2.45, 2.75) is 18.8 Å². The number of carbonyl (C=O) groups excluding carboxylic acids is 1. The fourth-order valence-corrected chi connectivity index (χ4v) is 2.84. The van der Waals surface area contributed by atoms with Crippen molar-refractivity contribution < 1.29 is 9.53 Å². The molecule has 0 saturated carbocycles. The van der Waals surface area contributed by atoms with E-state index in [-0.39, 0.29) is 5.92 Å². The lowest BCUT2D eigenvalue weighted by Crippen LogP contribution is -2.05. The molecule has 0 bridgehead atoms. The van der Waals surface area contributed by atoms with Gasteiger partial charge in [-0.1, -0.05) is 42.5 Å².